The SMILES string of the molecule is CCOC(=O)c1c(O)c(/C=C(\C=N\O)c2ccncc2)c(I)[nH]c1=O. The number of pyridine rings is 2. The maximum absolute atomic E-state index is 12.0. The summed E-state index contributed by atoms with van der Waals surface area (Å²) >= 11 is 1.82. The second kappa shape index (κ2) is 8.42. The molecular weight excluding hydrogens is 441 g/mol. The summed E-state index contributed by atoms with van der Waals surface area (Å²) in [6, 6.07) is 3.35. The molecule has 3 N–H and O–H groups in total. The molecule has 0 radical (unpaired) electrons. The van der Waals surface area contributed by atoms with Crippen LogP contribution in [0, 0.1) is 3.70 Å². The fourth-order valence-corrected chi connectivity index (χ4v) is 2.71. The van der Waals surface area contributed by atoms with E-state index in [0.717, 1.165) is 0 Å². The monoisotopic (exact) mass is 455 g/mol. The van der Waals surface area contributed by atoms with Gasteiger partial charge in [0, 0.05) is 23.5 Å². The molecule has 25 heavy (non-hydrogen) atoms. The molecule has 9 heteroatoms. The van der Waals surface area contributed by atoms with Crippen LogP contribution in [-0.4, -0.2) is 39.1 Å². The summed E-state index contributed by atoms with van der Waals surface area (Å²) in [4.78, 5) is 30.3. The van der Waals surface area contributed by atoms with Crippen LogP contribution in [0.15, 0.2) is 34.5 Å². The van der Waals surface area contributed by atoms with Crippen LogP contribution >= 0.6 is 22.6 Å². The Bertz CT molecular complexity index is 891. The van der Waals surface area contributed by atoms with Gasteiger partial charge in [0.25, 0.3) is 5.56 Å². The lowest BCUT2D eigenvalue weighted by atomic mass is 10.0. The minimum absolute atomic E-state index is 0.0638. The third-order valence-electron chi connectivity index (χ3n) is 3.17. The van der Waals surface area contributed by atoms with E-state index in [-0.39, 0.29) is 12.2 Å². The number of aromatic hydroxyl groups is 1. The molecule has 0 aliphatic rings. The maximum Gasteiger partial charge on any atom is 0.347 e. The molecule has 0 aromatic carbocycles. The van der Waals surface area contributed by atoms with Crippen molar-refractivity contribution in [3.63, 3.8) is 0 Å². The largest absolute Gasteiger partial charge is 0.506 e. The van der Waals surface area contributed by atoms with E-state index in [9.17, 15) is 14.7 Å². The number of nitrogens with one attached hydrogen (secondary N) is 1. The lowest BCUT2D eigenvalue weighted by molar-refractivity contribution is 0.0520. The molecule has 0 amide bonds. The van der Waals surface area contributed by atoms with Crippen molar-refractivity contribution in [1.82, 2.24) is 9.97 Å². The van der Waals surface area contributed by atoms with Crippen LogP contribution in [0.1, 0.15) is 28.4 Å². The smallest absolute Gasteiger partial charge is 0.347 e. The third kappa shape index (κ3) is 4.24. The van der Waals surface area contributed by atoms with Gasteiger partial charge in [-0.25, -0.2) is 4.79 Å². The fourth-order valence-electron chi connectivity index (χ4n) is 2.06. The van der Waals surface area contributed by atoms with Crippen LogP contribution in [0.25, 0.3) is 11.6 Å². The van der Waals surface area contributed by atoms with Gasteiger partial charge in [0.1, 0.15) is 5.75 Å². The Balaban J connectivity index is 2.67. The van der Waals surface area contributed by atoms with Crippen molar-refractivity contribution < 1.29 is 19.8 Å². The predicted octanol–water partition coefficient (Wildman–Crippen LogP) is 2.26. The van der Waals surface area contributed by atoms with E-state index >= 15 is 0 Å². The van der Waals surface area contributed by atoms with Crippen molar-refractivity contribution in [3.05, 3.63) is 55.3 Å². The van der Waals surface area contributed by atoms with E-state index in [1.807, 2.05) is 22.6 Å². The Morgan fingerprint density at radius 1 is 1.44 bits per heavy atom. The Morgan fingerprint density at radius 2 is 2.12 bits per heavy atom. The Kier molecular flexibility index (Phi) is 6.28. The average Bonchev–Trinajstić information content (AvgIpc) is 2.58. The third-order valence-corrected chi connectivity index (χ3v) is 4.02. The van der Waals surface area contributed by atoms with Gasteiger partial charge in [-0.1, -0.05) is 5.16 Å². The summed E-state index contributed by atoms with van der Waals surface area (Å²) in [6.45, 7) is 1.66. The fraction of sp³-hybridized carbons (Fsp3) is 0.125. The number of aromatic nitrogens is 2. The second-order valence-electron chi connectivity index (χ2n) is 4.71. The number of carbonyl (C=O) groups excluding carboxylic acids is 1. The minimum atomic E-state index is -0.923. The van der Waals surface area contributed by atoms with Crippen molar-refractivity contribution in [2.75, 3.05) is 6.61 Å². The van der Waals surface area contributed by atoms with E-state index in [4.69, 9.17) is 9.94 Å². The minimum Gasteiger partial charge on any atom is -0.506 e. The first-order chi connectivity index (χ1) is 12.0. The van der Waals surface area contributed by atoms with Gasteiger partial charge in [0.05, 0.1) is 16.5 Å². The molecule has 0 saturated heterocycles. The summed E-state index contributed by atoms with van der Waals surface area (Å²) in [5, 5.41) is 22.3. The highest BCUT2D eigenvalue weighted by atomic mass is 127. The molecule has 0 atom stereocenters. The number of aromatic amines is 1. The molecule has 0 fully saturated rings. The van der Waals surface area contributed by atoms with Gasteiger partial charge in [-0.15, -0.1) is 0 Å². The molecule has 2 aromatic rings. The Labute approximate surface area is 156 Å². The maximum atomic E-state index is 12.0. The van der Waals surface area contributed by atoms with Gasteiger partial charge < -0.3 is 20.0 Å². The van der Waals surface area contributed by atoms with E-state index in [1.165, 1.54) is 12.3 Å². The average molecular weight is 455 g/mol. The first kappa shape index (κ1) is 18.6. The lowest BCUT2D eigenvalue weighted by Crippen LogP contribution is -2.21. The molecule has 130 valence electrons. The molecule has 0 aliphatic heterocycles. The molecule has 8 nitrogen and oxygen atoms in total. The summed E-state index contributed by atoms with van der Waals surface area (Å²) in [5.41, 5.74) is 0.0455. The van der Waals surface area contributed by atoms with Crippen molar-refractivity contribution >= 4 is 46.4 Å². The number of rotatable bonds is 5. The van der Waals surface area contributed by atoms with Crippen molar-refractivity contribution in [3.8, 4) is 5.75 Å². The first-order valence-corrected chi connectivity index (χ1v) is 8.18. The Hall–Kier alpha value is -2.69. The van der Waals surface area contributed by atoms with Gasteiger partial charge >= 0.3 is 5.97 Å². The van der Waals surface area contributed by atoms with E-state index in [1.54, 1.807) is 31.5 Å². The summed E-state index contributed by atoms with van der Waals surface area (Å²) < 4.78 is 5.12. The molecule has 0 saturated carbocycles. The van der Waals surface area contributed by atoms with Gasteiger partial charge in [-0.05, 0) is 53.3 Å². The normalized spacial score (nSPS) is 11.7. The number of nitrogens with zero attached hydrogens (tertiary/aromatic N) is 2. The van der Waals surface area contributed by atoms with Crippen LogP contribution in [0.5, 0.6) is 5.75 Å². The van der Waals surface area contributed by atoms with Crippen LogP contribution in [0.3, 0.4) is 0 Å². The number of hydrogen-bond acceptors (Lipinski definition) is 7. The molecule has 0 bridgehead atoms. The number of H-pyrrole nitrogens is 1. The van der Waals surface area contributed by atoms with Crippen LogP contribution in [0.2, 0.25) is 0 Å². The zero-order valence-electron chi connectivity index (χ0n) is 13.1. The summed E-state index contributed by atoms with van der Waals surface area (Å²) in [7, 11) is 0. The van der Waals surface area contributed by atoms with Crippen LogP contribution in [-0.2, 0) is 4.74 Å². The number of allylic oxidation sites excluding steroid dienone is 1. The quantitative estimate of drug-likeness (QED) is 0.159. The number of ether oxygens (including phenoxy) is 1. The van der Waals surface area contributed by atoms with Gasteiger partial charge in [0.2, 0.25) is 0 Å². The zero-order valence-corrected chi connectivity index (χ0v) is 15.2. The number of esters is 1. The molecule has 2 aromatic heterocycles. The summed E-state index contributed by atoms with van der Waals surface area (Å²) in [5.74, 6) is -1.43. The van der Waals surface area contributed by atoms with Gasteiger partial charge in [-0.2, -0.15) is 0 Å². The van der Waals surface area contributed by atoms with E-state index in [2.05, 4.69) is 15.1 Å². The van der Waals surface area contributed by atoms with Crippen molar-refractivity contribution in [2.24, 2.45) is 5.16 Å². The molecule has 2 heterocycles. The van der Waals surface area contributed by atoms with Gasteiger partial charge in [-0.3, -0.25) is 9.78 Å². The Morgan fingerprint density at radius 3 is 2.72 bits per heavy atom. The highest BCUT2D eigenvalue weighted by molar-refractivity contribution is 14.1. The molecule has 0 spiro atoms. The van der Waals surface area contributed by atoms with E-state index in [0.29, 0.717) is 14.8 Å². The number of carbonyl (C=O) groups is 1. The topological polar surface area (TPSA) is 125 Å². The number of oxime groups is 1. The standard InChI is InChI=1S/C16H14IN3O5/c1-2-25-16(23)12-13(21)11(14(17)20-15(12)22)7-10(8-19-24)9-3-5-18-6-4-9/h3-8,24H,2H2,1H3,(H2,20,21,22)/b10-7+,19-8+. The second-order valence-corrected chi connectivity index (χ2v) is 5.78. The number of hydrogen-bond donors (Lipinski definition) is 3. The molecule has 0 aliphatic carbocycles. The molecular formula is C16H14IN3O5. The molecule has 0 unspecified atom stereocenters. The molecule has 2 rings (SSSR count). The predicted molar refractivity (Wildman–Crippen MR) is 99.8 cm³/mol. The summed E-state index contributed by atoms with van der Waals surface area (Å²) in [6.07, 6.45) is 5.75. The van der Waals surface area contributed by atoms with Crippen molar-refractivity contribution in [1.29, 1.82) is 0 Å². The van der Waals surface area contributed by atoms with Crippen LogP contribution < -0.4 is 5.56 Å². The van der Waals surface area contributed by atoms with E-state index < -0.39 is 22.8 Å². The van der Waals surface area contributed by atoms with Gasteiger partial charge in [0.15, 0.2) is 5.56 Å². The zero-order chi connectivity index (χ0) is 18.4. The lowest BCUT2D eigenvalue weighted by Gasteiger charge is -2.09. The highest BCUT2D eigenvalue weighted by Crippen LogP contribution is 2.28. The van der Waals surface area contributed by atoms with Crippen molar-refractivity contribution in [2.45, 2.75) is 6.92 Å². The number of halogens is 1. The first-order valence-electron chi connectivity index (χ1n) is 7.11. The van der Waals surface area contributed by atoms with Crippen LogP contribution in [0.4, 0.5) is 0 Å². The highest BCUT2D eigenvalue weighted by Gasteiger charge is 2.22.